The van der Waals surface area contributed by atoms with E-state index in [0.717, 1.165) is 77.6 Å². The highest BCUT2D eigenvalue weighted by Gasteiger charge is 2.23. The van der Waals surface area contributed by atoms with Crippen LogP contribution < -0.4 is 9.64 Å². The summed E-state index contributed by atoms with van der Waals surface area (Å²) in [6, 6.07) is 4.18. The van der Waals surface area contributed by atoms with Crippen LogP contribution in [0, 0.1) is 13.8 Å². The highest BCUT2D eigenvalue weighted by molar-refractivity contribution is 6.29. The van der Waals surface area contributed by atoms with Crippen molar-refractivity contribution in [3.05, 3.63) is 40.3 Å². The normalized spacial score (nSPS) is 11.3. The van der Waals surface area contributed by atoms with Gasteiger partial charge in [0.1, 0.15) is 22.4 Å². The molecule has 0 unspecified atom stereocenters. The molecular formula is C23H31ClN4O. The van der Waals surface area contributed by atoms with E-state index in [1.807, 2.05) is 12.3 Å². The molecule has 0 atom stereocenters. The van der Waals surface area contributed by atoms with Gasteiger partial charge >= 0.3 is 0 Å². The molecule has 0 spiro atoms. The Balaban J connectivity index is 2.35. The van der Waals surface area contributed by atoms with E-state index < -0.39 is 0 Å². The van der Waals surface area contributed by atoms with E-state index in [1.165, 1.54) is 0 Å². The second kappa shape index (κ2) is 9.04. The van der Waals surface area contributed by atoms with E-state index in [4.69, 9.17) is 26.3 Å². The van der Waals surface area contributed by atoms with Crippen LogP contribution in [0.5, 0.6) is 5.75 Å². The summed E-state index contributed by atoms with van der Waals surface area (Å²) in [7, 11) is 1.69. The molecule has 0 aliphatic rings. The van der Waals surface area contributed by atoms with Gasteiger partial charge in [0.2, 0.25) is 0 Å². The van der Waals surface area contributed by atoms with E-state index in [-0.39, 0.29) is 0 Å². The number of fused-ring (bicyclic) bond motifs is 1. The molecule has 156 valence electrons. The maximum absolute atomic E-state index is 6.52. The first-order chi connectivity index (χ1) is 13.9. The van der Waals surface area contributed by atoms with Crippen LogP contribution in [-0.4, -0.2) is 34.6 Å². The number of aryl methyl sites for hydroxylation is 3. The predicted octanol–water partition coefficient (Wildman–Crippen LogP) is 5.86. The van der Waals surface area contributed by atoms with Gasteiger partial charge in [-0.25, -0.2) is 9.97 Å². The number of rotatable bonds is 8. The standard InChI is InChI=1S/C23H31ClN4O/c1-7-10-27(11-8-2)23-17(9-3)25-22-21(26-19(24)14-28(22)23)20-16(5)12-15(4)13-18(20)29-6/h12-14H,7-11H2,1-6H3. The van der Waals surface area contributed by atoms with E-state index >= 15 is 0 Å². The highest BCUT2D eigenvalue weighted by Crippen LogP contribution is 2.38. The highest BCUT2D eigenvalue weighted by atomic mass is 35.5. The zero-order valence-electron chi connectivity index (χ0n) is 18.3. The third-order valence-corrected chi connectivity index (χ3v) is 5.33. The number of anilines is 1. The molecule has 0 saturated heterocycles. The first-order valence-corrected chi connectivity index (χ1v) is 10.8. The first kappa shape index (κ1) is 21.4. The molecule has 5 nitrogen and oxygen atoms in total. The smallest absolute Gasteiger partial charge is 0.165 e. The molecule has 6 heteroatoms. The number of ether oxygens (including phenoxy) is 1. The molecular weight excluding hydrogens is 384 g/mol. The van der Waals surface area contributed by atoms with Crippen LogP contribution in [0.2, 0.25) is 5.15 Å². The molecule has 0 aliphatic carbocycles. The van der Waals surface area contributed by atoms with Gasteiger partial charge in [-0.3, -0.25) is 4.40 Å². The summed E-state index contributed by atoms with van der Waals surface area (Å²) in [4.78, 5) is 12.1. The Hall–Kier alpha value is -2.27. The summed E-state index contributed by atoms with van der Waals surface area (Å²) >= 11 is 6.52. The van der Waals surface area contributed by atoms with E-state index in [9.17, 15) is 0 Å². The molecule has 0 fully saturated rings. The number of imidazole rings is 1. The molecule has 1 aromatic carbocycles. The fourth-order valence-corrected chi connectivity index (χ4v) is 4.23. The van der Waals surface area contributed by atoms with Crippen molar-refractivity contribution in [2.45, 2.75) is 53.9 Å². The van der Waals surface area contributed by atoms with Crippen LogP contribution in [0.25, 0.3) is 16.9 Å². The average molecular weight is 415 g/mol. The lowest BCUT2D eigenvalue weighted by molar-refractivity contribution is 0.415. The van der Waals surface area contributed by atoms with Crippen LogP contribution in [0.4, 0.5) is 5.82 Å². The van der Waals surface area contributed by atoms with Gasteiger partial charge in [0, 0.05) is 24.8 Å². The second-order valence-electron chi connectivity index (χ2n) is 7.49. The number of benzene rings is 1. The number of aromatic nitrogens is 3. The van der Waals surface area contributed by atoms with Crippen LogP contribution in [0.1, 0.15) is 50.4 Å². The molecule has 2 heterocycles. The molecule has 29 heavy (non-hydrogen) atoms. The van der Waals surface area contributed by atoms with Gasteiger partial charge in [-0.15, -0.1) is 0 Å². The molecule has 0 bridgehead atoms. The molecule has 3 aromatic rings. The first-order valence-electron chi connectivity index (χ1n) is 10.4. The van der Waals surface area contributed by atoms with Crippen molar-refractivity contribution < 1.29 is 4.74 Å². The lowest BCUT2D eigenvalue weighted by atomic mass is 10.0. The van der Waals surface area contributed by atoms with Crippen LogP contribution in [-0.2, 0) is 6.42 Å². The molecule has 3 rings (SSSR count). The van der Waals surface area contributed by atoms with Gasteiger partial charge in [0.15, 0.2) is 5.65 Å². The Morgan fingerprint density at radius 2 is 1.76 bits per heavy atom. The fourth-order valence-electron chi connectivity index (χ4n) is 4.05. The SMILES string of the molecule is CCCN(CCC)c1c(CC)nc2c(-c3c(C)cc(C)cc3OC)nc(Cl)cn12. The van der Waals surface area contributed by atoms with Gasteiger partial charge < -0.3 is 9.64 Å². The maximum atomic E-state index is 6.52. The van der Waals surface area contributed by atoms with Gasteiger partial charge in [-0.05, 0) is 50.3 Å². The van der Waals surface area contributed by atoms with Gasteiger partial charge in [0.25, 0.3) is 0 Å². The fraction of sp³-hybridized carbons (Fsp3) is 0.478. The maximum Gasteiger partial charge on any atom is 0.165 e. The number of nitrogens with zero attached hydrogens (tertiary/aromatic N) is 4. The Morgan fingerprint density at radius 3 is 2.34 bits per heavy atom. The molecule has 0 amide bonds. The Kier molecular flexibility index (Phi) is 6.68. The summed E-state index contributed by atoms with van der Waals surface area (Å²) in [6.07, 6.45) is 4.89. The van der Waals surface area contributed by atoms with Crippen molar-refractivity contribution in [2.75, 3.05) is 25.1 Å². The zero-order chi connectivity index (χ0) is 21.1. The predicted molar refractivity (Wildman–Crippen MR) is 122 cm³/mol. The van der Waals surface area contributed by atoms with Crippen molar-refractivity contribution in [3.63, 3.8) is 0 Å². The topological polar surface area (TPSA) is 42.7 Å². The largest absolute Gasteiger partial charge is 0.496 e. The molecule has 0 N–H and O–H groups in total. The molecule has 0 saturated carbocycles. The molecule has 0 aliphatic heterocycles. The Morgan fingerprint density at radius 1 is 1.07 bits per heavy atom. The monoisotopic (exact) mass is 414 g/mol. The minimum absolute atomic E-state index is 0.448. The van der Waals surface area contributed by atoms with E-state index in [1.54, 1.807) is 7.11 Å². The van der Waals surface area contributed by atoms with Gasteiger partial charge in [-0.1, -0.05) is 38.4 Å². The third kappa shape index (κ3) is 4.06. The summed E-state index contributed by atoms with van der Waals surface area (Å²) in [5, 5.41) is 0.448. The van der Waals surface area contributed by atoms with Crippen molar-refractivity contribution >= 4 is 23.1 Å². The van der Waals surface area contributed by atoms with Gasteiger partial charge in [-0.2, -0.15) is 0 Å². The van der Waals surface area contributed by atoms with Gasteiger partial charge in [0.05, 0.1) is 12.8 Å². The van der Waals surface area contributed by atoms with Crippen molar-refractivity contribution in [3.8, 4) is 17.0 Å². The summed E-state index contributed by atoms with van der Waals surface area (Å²) < 4.78 is 7.83. The minimum Gasteiger partial charge on any atom is -0.496 e. The second-order valence-corrected chi connectivity index (χ2v) is 7.87. The van der Waals surface area contributed by atoms with Crippen molar-refractivity contribution in [1.29, 1.82) is 0 Å². The summed E-state index contributed by atoms with van der Waals surface area (Å²) in [6.45, 7) is 12.7. The average Bonchev–Trinajstić information content (AvgIpc) is 3.05. The van der Waals surface area contributed by atoms with Crippen LogP contribution >= 0.6 is 11.6 Å². The number of hydrogen-bond acceptors (Lipinski definition) is 4. The Labute approximate surface area is 178 Å². The molecule has 0 radical (unpaired) electrons. The lowest BCUT2D eigenvalue weighted by Gasteiger charge is -2.24. The number of halogens is 1. The van der Waals surface area contributed by atoms with E-state index in [0.29, 0.717) is 5.15 Å². The minimum atomic E-state index is 0.448. The van der Waals surface area contributed by atoms with Crippen molar-refractivity contribution in [1.82, 2.24) is 14.4 Å². The van der Waals surface area contributed by atoms with E-state index in [2.05, 4.69) is 50.0 Å². The molecule has 2 aromatic heterocycles. The quantitative estimate of drug-likeness (QED) is 0.462. The zero-order valence-corrected chi connectivity index (χ0v) is 19.1. The van der Waals surface area contributed by atoms with Crippen LogP contribution in [0.3, 0.4) is 0 Å². The summed E-state index contributed by atoms with van der Waals surface area (Å²) in [5.41, 5.74) is 5.85. The lowest BCUT2D eigenvalue weighted by Crippen LogP contribution is -2.27. The number of hydrogen-bond donors (Lipinski definition) is 0. The Bertz CT molecular complexity index is 1010. The van der Waals surface area contributed by atoms with Crippen molar-refractivity contribution in [2.24, 2.45) is 0 Å². The van der Waals surface area contributed by atoms with Crippen LogP contribution in [0.15, 0.2) is 18.3 Å². The third-order valence-electron chi connectivity index (χ3n) is 5.14. The number of methoxy groups -OCH3 is 1. The summed E-state index contributed by atoms with van der Waals surface area (Å²) in [5.74, 6) is 1.92.